The van der Waals surface area contributed by atoms with Crippen molar-refractivity contribution in [2.24, 2.45) is 23.7 Å². The number of benzene rings is 4. The molecule has 2 heterocycles. The molecule has 1 saturated carbocycles. The summed E-state index contributed by atoms with van der Waals surface area (Å²) in [5.41, 5.74) is 5.64. The molecule has 2 aliphatic carbocycles. The van der Waals surface area contributed by atoms with Crippen LogP contribution in [0.25, 0.3) is 0 Å². The fourth-order valence-electron chi connectivity index (χ4n) is 8.91. The molecule has 4 aromatic carbocycles. The molecule has 2 saturated heterocycles. The quantitative estimate of drug-likeness (QED) is 0.139. The highest BCUT2D eigenvalue weighted by Crippen LogP contribution is 2.64. The molecular weight excluding hydrogens is 633 g/mol. The Morgan fingerprint density at radius 2 is 1.54 bits per heavy atom. The third-order valence-electron chi connectivity index (χ3n) is 11.0. The topological polar surface area (TPSA) is 147 Å². The van der Waals surface area contributed by atoms with Crippen molar-refractivity contribution in [3.63, 3.8) is 0 Å². The number of aromatic hydroxyl groups is 1. The van der Waals surface area contributed by atoms with Gasteiger partial charge in [0.25, 0.3) is 11.8 Å². The van der Waals surface area contributed by atoms with E-state index in [1.807, 2.05) is 61.5 Å². The van der Waals surface area contributed by atoms with Crippen LogP contribution in [0.5, 0.6) is 5.75 Å². The SMILES string of the molecule is Cc1ccc(NN2C(=O)[C@@H]3C[C@@H]4C(=CC[C@@H]5C(=O)N(c6cccc(B(O)O)c6)C(=O)[C@@H]54)[C@H](c4cccc(O)c4)[C@]3(c3ccccc3)C2=O)cc1. The maximum Gasteiger partial charge on any atom is 0.488 e. The average molecular weight is 668 g/mol. The van der Waals surface area contributed by atoms with Crippen LogP contribution in [-0.2, 0) is 24.6 Å². The standard InChI is InChI=1S/C39H34BN3O7/c1-22-13-15-26(16-14-22)41-43-36(46)32-21-31-29(17-18-30-33(31)37(47)42(35(30)45)27-11-6-10-25(20-27)40(49)50)34(23-7-5-12-28(44)19-23)39(32,38(43)48)24-8-3-2-4-9-24/h2-17,19-20,30-34,41,44,49-50H,18,21H2,1H3/t30-,31+,32-,33-,34-,39+/m0/s1. The Bertz CT molecular complexity index is 2080. The third kappa shape index (κ3) is 4.64. The number of fused-ring (bicyclic) bond motifs is 4. The molecule has 0 aromatic heterocycles. The number of hydrogen-bond donors (Lipinski definition) is 4. The molecule has 3 fully saturated rings. The molecule has 11 heteroatoms. The van der Waals surface area contributed by atoms with Gasteiger partial charge in [0, 0.05) is 5.92 Å². The molecule has 50 heavy (non-hydrogen) atoms. The highest BCUT2D eigenvalue weighted by atomic mass is 16.4. The van der Waals surface area contributed by atoms with Crippen LogP contribution < -0.4 is 15.8 Å². The van der Waals surface area contributed by atoms with Crippen molar-refractivity contribution in [2.45, 2.75) is 31.1 Å². The van der Waals surface area contributed by atoms with Gasteiger partial charge in [0.05, 0.1) is 34.5 Å². The van der Waals surface area contributed by atoms with E-state index in [1.165, 1.54) is 12.1 Å². The van der Waals surface area contributed by atoms with E-state index in [0.717, 1.165) is 21.0 Å². The molecule has 4 N–H and O–H groups in total. The van der Waals surface area contributed by atoms with Crippen molar-refractivity contribution >= 4 is 47.6 Å². The van der Waals surface area contributed by atoms with Crippen LogP contribution in [0.15, 0.2) is 115 Å². The molecule has 6 atom stereocenters. The van der Waals surface area contributed by atoms with E-state index in [-0.39, 0.29) is 29.7 Å². The summed E-state index contributed by atoms with van der Waals surface area (Å²) >= 11 is 0. The van der Waals surface area contributed by atoms with E-state index >= 15 is 4.79 Å². The van der Waals surface area contributed by atoms with Gasteiger partial charge in [-0.1, -0.05) is 83.9 Å². The van der Waals surface area contributed by atoms with Gasteiger partial charge in [-0.15, -0.1) is 0 Å². The molecule has 0 spiro atoms. The lowest BCUT2D eigenvalue weighted by molar-refractivity contribution is -0.138. The number of phenols is 1. The predicted molar refractivity (Wildman–Crippen MR) is 186 cm³/mol. The number of nitrogens with zero attached hydrogens (tertiary/aromatic N) is 2. The summed E-state index contributed by atoms with van der Waals surface area (Å²) < 4.78 is 0. The van der Waals surface area contributed by atoms with Crippen LogP contribution in [0.3, 0.4) is 0 Å². The minimum absolute atomic E-state index is 0.00525. The summed E-state index contributed by atoms with van der Waals surface area (Å²) in [7, 11) is -1.78. The number of aryl methyl sites for hydroxylation is 1. The van der Waals surface area contributed by atoms with E-state index in [4.69, 9.17) is 0 Å². The Hall–Kier alpha value is -5.52. The number of nitrogens with one attached hydrogen (secondary N) is 1. The van der Waals surface area contributed by atoms with Gasteiger partial charge < -0.3 is 15.2 Å². The molecule has 0 unspecified atom stereocenters. The fourth-order valence-corrected chi connectivity index (χ4v) is 8.91. The van der Waals surface area contributed by atoms with E-state index in [9.17, 15) is 29.5 Å². The Balaban J connectivity index is 1.29. The molecule has 2 aliphatic heterocycles. The molecule has 8 rings (SSSR count). The predicted octanol–water partition coefficient (Wildman–Crippen LogP) is 3.57. The van der Waals surface area contributed by atoms with Crippen LogP contribution in [0.1, 0.15) is 35.4 Å². The first-order valence-electron chi connectivity index (χ1n) is 16.7. The Kier molecular flexibility index (Phi) is 7.50. The summed E-state index contributed by atoms with van der Waals surface area (Å²) in [5, 5.41) is 31.4. The summed E-state index contributed by atoms with van der Waals surface area (Å²) in [6.07, 6.45) is 2.33. The van der Waals surface area contributed by atoms with Crippen molar-refractivity contribution < 1.29 is 34.3 Å². The lowest BCUT2D eigenvalue weighted by Crippen LogP contribution is -2.53. The highest BCUT2D eigenvalue weighted by molar-refractivity contribution is 6.58. The second kappa shape index (κ2) is 11.8. The van der Waals surface area contributed by atoms with E-state index in [2.05, 4.69) is 5.43 Å². The normalized spacial score (nSPS) is 27.1. The van der Waals surface area contributed by atoms with Crippen LogP contribution in [0, 0.1) is 30.6 Å². The van der Waals surface area contributed by atoms with E-state index in [1.54, 1.807) is 42.5 Å². The summed E-state index contributed by atoms with van der Waals surface area (Å²) in [4.78, 5) is 59.4. The lowest BCUT2D eigenvalue weighted by Gasteiger charge is -2.50. The molecule has 0 bridgehead atoms. The number of phenolic OH excluding ortho intramolecular Hbond substituents is 1. The van der Waals surface area contributed by atoms with Crippen molar-refractivity contribution in [3.8, 4) is 5.75 Å². The molecule has 4 amide bonds. The molecular formula is C39H34BN3O7. The number of rotatable bonds is 6. The zero-order valence-corrected chi connectivity index (χ0v) is 27.1. The number of hydrogen-bond acceptors (Lipinski definition) is 8. The van der Waals surface area contributed by atoms with Gasteiger partial charge in [0.2, 0.25) is 11.8 Å². The smallest absolute Gasteiger partial charge is 0.488 e. The summed E-state index contributed by atoms with van der Waals surface area (Å²) in [6, 6.07) is 29.3. The third-order valence-corrected chi connectivity index (χ3v) is 11.0. The van der Waals surface area contributed by atoms with Gasteiger partial charge in [-0.2, -0.15) is 5.01 Å². The number of amides is 4. The minimum Gasteiger partial charge on any atom is -0.508 e. The van der Waals surface area contributed by atoms with Crippen LogP contribution >= 0.6 is 0 Å². The Morgan fingerprint density at radius 3 is 2.26 bits per heavy atom. The van der Waals surface area contributed by atoms with E-state index in [0.29, 0.717) is 16.8 Å². The zero-order chi connectivity index (χ0) is 34.9. The van der Waals surface area contributed by atoms with Crippen molar-refractivity contribution in [3.05, 3.63) is 131 Å². The number of carbonyl (C=O) groups excluding carboxylic acids is 4. The van der Waals surface area contributed by atoms with Gasteiger partial charge in [-0.25, -0.2) is 0 Å². The number of allylic oxidation sites excluding steroid dienone is 2. The zero-order valence-electron chi connectivity index (χ0n) is 27.1. The number of carbonyl (C=O) groups is 4. The molecule has 4 aliphatic rings. The van der Waals surface area contributed by atoms with Crippen molar-refractivity contribution in [1.82, 2.24) is 5.01 Å². The first-order valence-corrected chi connectivity index (χ1v) is 16.7. The van der Waals surface area contributed by atoms with Crippen LogP contribution in [0.2, 0.25) is 0 Å². The monoisotopic (exact) mass is 667 g/mol. The van der Waals surface area contributed by atoms with E-state index < -0.39 is 65.8 Å². The van der Waals surface area contributed by atoms with Gasteiger partial charge >= 0.3 is 7.12 Å². The minimum atomic E-state index is -1.78. The molecule has 250 valence electrons. The van der Waals surface area contributed by atoms with Crippen LogP contribution in [0.4, 0.5) is 11.4 Å². The van der Waals surface area contributed by atoms with Gasteiger partial charge in [-0.3, -0.25) is 29.5 Å². The summed E-state index contributed by atoms with van der Waals surface area (Å²) in [6.45, 7) is 1.94. The van der Waals surface area contributed by atoms with Crippen molar-refractivity contribution in [2.75, 3.05) is 10.3 Å². The van der Waals surface area contributed by atoms with Gasteiger partial charge in [-0.05, 0) is 78.7 Å². The van der Waals surface area contributed by atoms with Gasteiger partial charge in [0.1, 0.15) is 5.75 Å². The molecule has 4 aromatic rings. The largest absolute Gasteiger partial charge is 0.508 e. The Morgan fingerprint density at radius 1 is 0.800 bits per heavy atom. The molecule has 0 radical (unpaired) electrons. The average Bonchev–Trinajstić information content (AvgIpc) is 3.50. The maximum absolute atomic E-state index is 15.1. The lowest BCUT2D eigenvalue weighted by atomic mass is 9.49. The first-order chi connectivity index (χ1) is 24.1. The summed E-state index contributed by atoms with van der Waals surface area (Å²) in [5.74, 6) is -5.50. The van der Waals surface area contributed by atoms with Gasteiger partial charge in [0.15, 0.2) is 0 Å². The first kappa shape index (κ1) is 31.7. The molecule has 10 nitrogen and oxygen atoms in total. The number of anilines is 2. The number of hydrazine groups is 1. The fraction of sp³-hybridized carbons (Fsp3) is 0.231. The highest BCUT2D eigenvalue weighted by Gasteiger charge is 2.70. The number of imide groups is 2. The van der Waals surface area contributed by atoms with Crippen LogP contribution in [-0.4, -0.2) is 50.9 Å². The maximum atomic E-state index is 15.1. The van der Waals surface area contributed by atoms with Crippen molar-refractivity contribution in [1.29, 1.82) is 0 Å². The Labute approximate surface area is 288 Å². The second-order valence-corrected chi connectivity index (χ2v) is 13.7. The second-order valence-electron chi connectivity index (χ2n) is 13.7.